The number of rotatable bonds is 7. The summed E-state index contributed by atoms with van der Waals surface area (Å²) in [4.78, 5) is 15.3. The van der Waals surface area contributed by atoms with Crippen LogP contribution in [-0.2, 0) is 17.8 Å². The molecule has 0 fully saturated rings. The Morgan fingerprint density at radius 2 is 2.04 bits per heavy atom. The number of nitrogens with zero attached hydrogens (tertiary/aromatic N) is 1. The van der Waals surface area contributed by atoms with E-state index in [4.69, 9.17) is 9.84 Å². The second-order valence-electron chi connectivity index (χ2n) is 4.99. The highest BCUT2D eigenvalue weighted by Crippen LogP contribution is 2.14. The second-order valence-corrected chi connectivity index (χ2v) is 5.93. The number of thiazole rings is 1. The molecule has 126 valence electrons. The van der Waals surface area contributed by atoms with Crippen molar-refractivity contribution >= 4 is 17.3 Å². The zero-order valence-electron chi connectivity index (χ0n) is 14.3. The van der Waals surface area contributed by atoms with Gasteiger partial charge in [0.1, 0.15) is 5.01 Å². The molecule has 2 rings (SSSR count). The van der Waals surface area contributed by atoms with E-state index in [0.29, 0.717) is 18.8 Å². The Balaban J connectivity index is 0.00000127. The molecule has 0 atom stereocenters. The molecule has 0 bridgehead atoms. The molecule has 0 radical (unpaired) electrons. The smallest absolute Gasteiger partial charge is 0.335 e. The first kappa shape index (κ1) is 19.3. The predicted octanol–water partition coefficient (Wildman–Crippen LogP) is 4.63. The first-order valence-corrected chi connectivity index (χ1v) is 8.76. The third kappa shape index (κ3) is 6.50. The number of aromatic carboxylic acids is 1. The van der Waals surface area contributed by atoms with Crippen LogP contribution in [0, 0.1) is 13.8 Å². The summed E-state index contributed by atoms with van der Waals surface area (Å²) < 4.78 is 5.60. The van der Waals surface area contributed by atoms with Crippen LogP contribution in [0.3, 0.4) is 0 Å². The van der Waals surface area contributed by atoms with E-state index in [1.807, 2.05) is 39.1 Å². The summed E-state index contributed by atoms with van der Waals surface area (Å²) >= 11 is 1.61. The van der Waals surface area contributed by atoms with Gasteiger partial charge in [-0.25, -0.2) is 9.78 Å². The van der Waals surface area contributed by atoms with Crippen LogP contribution in [0.15, 0.2) is 23.6 Å². The molecule has 1 heterocycles. The standard InChI is InChI=1S/C16H19NO3S.C2H6/c1-11-5-6-14(16(18)19)8-13(11)4-3-7-20-9-15-17-12(2)10-21-15;1-2/h5-6,8,10H,3-4,7,9H2,1-2H3,(H,18,19);1-2H3. The average Bonchev–Trinajstić information content (AvgIpc) is 2.96. The molecule has 1 aromatic heterocycles. The molecule has 1 aromatic carbocycles. The molecule has 0 saturated heterocycles. The number of aryl methyl sites for hydroxylation is 3. The number of carboxylic acid groups (broad SMARTS) is 1. The number of carbonyl (C=O) groups is 1. The lowest BCUT2D eigenvalue weighted by molar-refractivity contribution is 0.0696. The fourth-order valence-electron chi connectivity index (χ4n) is 2.07. The van der Waals surface area contributed by atoms with E-state index in [1.54, 1.807) is 23.5 Å². The van der Waals surface area contributed by atoms with Gasteiger partial charge in [0.05, 0.1) is 12.2 Å². The van der Waals surface area contributed by atoms with Crippen LogP contribution in [0.4, 0.5) is 0 Å². The molecule has 0 amide bonds. The number of carboxylic acids is 1. The maximum Gasteiger partial charge on any atom is 0.335 e. The molecule has 0 saturated carbocycles. The summed E-state index contributed by atoms with van der Waals surface area (Å²) in [5, 5.41) is 12.0. The third-order valence-corrected chi connectivity index (χ3v) is 4.16. The van der Waals surface area contributed by atoms with Gasteiger partial charge < -0.3 is 9.84 Å². The Bertz CT molecular complexity index is 622. The normalized spacial score (nSPS) is 10.1. The van der Waals surface area contributed by atoms with E-state index in [2.05, 4.69) is 4.98 Å². The summed E-state index contributed by atoms with van der Waals surface area (Å²) in [5.74, 6) is -0.883. The Morgan fingerprint density at radius 1 is 1.30 bits per heavy atom. The Labute approximate surface area is 142 Å². The Morgan fingerprint density at radius 3 is 2.65 bits per heavy atom. The van der Waals surface area contributed by atoms with Gasteiger partial charge in [-0.3, -0.25) is 0 Å². The SMILES string of the molecule is CC.Cc1csc(COCCCc2cc(C(=O)O)ccc2C)n1. The first-order chi connectivity index (χ1) is 11.1. The van der Waals surface area contributed by atoms with E-state index in [9.17, 15) is 4.79 Å². The van der Waals surface area contributed by atoms with Gasteiger partial charge in [0.25, 0.3) is 0 Å². The van der Waals surface area contributed by atoms with Gasteiger partial charge in [0.2, 0.25) is 0 Å². The summed E-state index contributed by atoms with van der Waals surface area (Å²) in [6.07, 6.45) is 1.69. The molecular formula is C18H25NO3S. The lowest BCUT2D eigenvalue weighted by atomic mass is 10.0. The summed E-state index contributed by atoms with van der Waals surface area (Å²) in [5.41, 5.74) is 3.56. The molecule has 0 aliphatic carbocycles. The van der Waals surface area contributed by atoms with Gasteiger partial charge in [-0.2, -0.15) is 0 Å². The van der Waals surface area contributed by atoms with Crippen LogP contribution >= 0.6 is 11.3 Å². The van der Waals surface area contributed by atoms with Crippen molar-refractivity contribution < 1.29 is 14.6 Å². The third-order valence-electron chi connectivity index (χ3n) is 3.22. The lowest BCUT2D eigenvalue weighted by Crippen LogP contribution is -2.01. The summed E-state index contributed by atoms with van der Waals surface area (Å²) in [6, 6.07) is 5.25. The highest BCUT2D eigenvalue weighted by Gasteiger charge is 2.06. The van der Waals surface area contributed by atoms with Crippen LogP contribution in [0.5, 0.6) is 0 Å². The minimum atomic E-state index is -0.883. The predicted molar refractivity (Wildman–Crippen MR) is 94.3 cm³/mol. The molecule has 0 aliphatic heterocycles. The van der Waals surface area contributed by atoms with Gasteiger partial charge in [-0.15, -0.1) is 11.3 Å². The molecule has 0 aliphatic rings. The number of hydrogen-bond acceptors (Lipinski definition) is 4. The Hall–Kier alpha value is -1.72. The molecule has 5 heteroatoms. The fraction of sp³-hybridized carbons (Fsp3) is 0.444. The van der Waals surface area contributed by atoms with Crippen LogP contribution in [0.25, 0.3) is 0 Å². The van der Waals surface area contributed by atoms with E-state index in [1.165, 1.54) is 0 Å². The number of benzene rings is 1. The maximum absolute atomic E-state index is 11.0. The van der Waals surface area contributed by atoms with Gasteiger partial charge in [-0.05, 0) is 49.9 Å². The lowest BCUT2D eigenvalue weighted by Gasteiger charge is -2.07. The Kier molecular flexibility index (Phi) is 8.51. The van der Waals surface area contributed by atoms with Crippen molar-refractivity contribution in [2.24, 2.45) is 0 Å². The van der Waals surface area contributed by atoms with Gasteiger partial charge in [-0.1, -0.05) is 19.9 Å². The molecule has 23 heavy (non-hydrogen) atoms. The molecule has 0 spiro atoms. The molecule has 0 unspecified atom stereocenters. The zero-order chi connectivity index (χ0) is 17.2. The van der Waals surface area contributed by atoms with Crippen LogP contribution < -0.4 is 0 Å². The van der Waals surface area contributed by atoms with Crippen molar-refractivity contribution in [2.45, 2.75) is 47.1 Å². The largest absolute Gasteiger partial charge is 0.478 e. The highest BCUT2D eigenvalue weighted by molar-refractivity contribution is 7.09. The number of ether oxygens (including phenoxy) is 1. The van der Waals surface area contributed by atoms with Gasteiger partial charge >= 0.3 is 5.97 Å². The quantitative estimate of drug-likeness (QED) is 0.749. The number of aromatic nitrogens is 1. The number of hydrogen-bond donors (Lipinski definition) is 1. The minimum Gasteiger partial charge on any atom is -0.478 e. The minimum absolute atomic E-state index is 0.342. The van der Waals surface area contributed by atoms with Gasteiger partial charge in [0.15, 0.2) is 0 Å². The molecule has 4 nitrogen and oxygen atoms in total. The van der Waals surface area contributed by atoms with E-state index < -0.39 is 5.97 Å². The van der Waals surface area contributed by atoms with E-state index >= 15 is 0 Å². The zero-order valence-corrected chi connectivity index (χ0v) is 15.1. The monoisotopic (exact) mass is 335 g/mol. The van der Waals surface area contributed by atoms with Crippen molar-refractivity contribution in [3.8, 4) is 0 Å². The molecule has 2 aromatic rings. The van der Waals surface area contributed by atoms with Crippen molar-refractivity contribution in [1.82, 2.24) is 4.98 Å². The fourth-order valence-corrected chi connectivity index (χ4v) is 2.77. The topological polar surface area (TPSA) is 59.4 Å². The van der Waals surface area contributed by atoms with Crippen molar-refractivity contribution in [3.05, 3.63) is 51.0 Å². The van der Waals surface area contributed by atoms with Gasteiger partial charge in [0, 0.05) is 17.7 Å². The van der Waals surface area contributed by atoms with E-state index in [-0.39, 0.29) is 0 Å². The maximum atomic E-state index is 11.0. The molecular weight excluding hydrogens is 310 g/mol. The van der Waals surface area contributed by atoms with Crippen molar-refractivity contribution in [2.75, 3.05) is 6.61 Å². The molecule has 1 N–H and O–H groups in total. The summed E-state index contributed by atoms with van der Waals surface area (Å²) in [6.45, 7) is 9.17. The first-order valence-electron chi connectivity index (χ1n) is 7.88. The average molecular weight is 335 g/mol. The van der Waals surface area contributed by atoms with Crippen LogP contribution in [0.2, 0.25) is 0 Å². The summed E-state index contributed by atoms with van der Waals surface area (Å²) in [7, 11) is 0. The highest BCUT2D eigenvalue weighted by atomic mass is 32.1. The van der Waals surface area contributed by atoms with Crippen molar-refractivity contribution in [1.29, 1.82) is 0 Å². The van der Waals surface area contributed by atoms with Crippen LogP contribution in [0.1, 0.15) is 52.5 Å². The van der Waals surface area contributed by atoms with Crippen molar-refractivity contribution in [3.63, 3.8) is 0 Å². The second kappa shape index (κ2) is 10.1. The van der Waals surface area contributed by atoms with Crippen LogP contribution in [-0.4, -0.2) is 22.7 Å². The van der Waals surface area contributed by atoms with E-state index in [0.717, 1.165) is 34.7 Å².